The van der Waals surface area contributed by atoms with Crippen molar-refractivity contribution in [3.63, 3.8) is 0 Å². The number of aromatic amines is 1. The normalized spacial score (nSPS) is 10.7. The molecule has 0 bridgehead atoms. The van der Waals surface area contributed by atoms with E-state index >= 15 is 0 Å². The number of fused-ring (bicyclic) bond motifs is 1. The molecule has 0 amide bonds. The van der Waals surface area contributed by atoms with Gasteiger partial charge in [0.05, 0.1) is 17.5 Å². The molecule has 0 unspecified atom stereocenters. The molecule has 1 N–H and O–H groups in total. The lowest BCUT2D eigenvalue weighted by molar-refractivity contribution is -0.143. The van der Waals surface area contributed by atoms with E-state index in [1.54, 1.807) is 13.0 Å². The predicted molar refractivity (Wildman–Crippen MR) is 79.3 cm³/mol. The van der Waals surface area contributed by atoms with Crippen molar-refractivity contribution in [1.82, 2.24) is 9.55 Å². The van der Waals surface area contributed by atoms with Crippen LogP contribution in [0.4, 0.5) is 0 Å². The fourth-order valence-electron chi connectivity index (χ4n) is 2.02. The predicted octanol–water partition coefficient (Wildman–Crippen LogP) is 2.40. The van der Waals surface area contributed by atoms with Crippen molar-refractivity contribution in [1.29, 1.82) is 0 Å². The van der Waals surface area contributed by atoms with Gasteiger partial charge in [-0.05, 0) is 37.7 Å². The summed E-state index contributed by atoms with van der Waals surface area (Å²) >= 11 is 5.19. The maximum absolute atomic E-state index is 12.3. The molecule has 5 nitrogen and oxygen atoms in total. The van der Waals surface area contributed by atoms with E-state index in [1.807, 2.05) is 18.2 Å². The first kappa shape index (κ1) is 14.5. The van der Waals surface area contributed by atoms with Crippen LogP contribution >= 0.6 is 12.2 Å². The Balaban J connectivity index is 2.20. The molecule has 0 aliphatic rings. The van der Waals surface area contributed by atoms with Gasteiger partial charge in [-0.2, -0.15) is 0 Å². The Bertz CT molecular complexity index is 733. The zero-order valence-electron chi connectivity index (χ0n) is 11.2. The molecule has 0 aliphatic heterocycles. The topological polar surface area (TPSA) is 64.1 Å². The first-order valence-electron chi connectivity index (χ1n) is 6.51. The molecule has 2 aromatic rings. The number of nitrogens with one attached hydrogen (secondary N) is 1. The van der Waals surface area contributed by atoms with Crippen LogP contribution in [-0.2, 0) is 16.1 Å². The van der Waals surface area contributed by atoms with Gasteiger partial charge in [0.25, 0.3) is 5.56 Å². The maximum atomic E-state index is 12.3. The maximum Gasteiger partial charge on any atom is 0.305 e. The van der Waals surface area contributed by atoms with Gasteiger partial charge in [-0.1, -0.05) is 12.1 Å². The summed E-state index contributed by atoms with van der Waals surface area (Å²) in [4.78, 5) is 26.6. The highest BCUT2D eigenvalue weighted by molar-refractivity contribution is 7.71. The summed E-state index contributed by atoms with van der Waals surface area (Å²) in [6.07, 6.45) is 0.802. The SMILES string of the molecule is CCOC(=O)CCCn1c(=S)[nH]c2ccccc2c1=O. The molecule has 2 rings (SSSR count). The van der Waals surface area contributed by atoms with Crippen LogP contribution in [0, 0.1) is 4.77 Å². The van der Waals surface area contributed by atoms with E-state index in [9.17, 15) is 9.59 Å². The molecule has 0 fully saturated rings. The summed E-state index contributed by atoms with van der Waals surface area (Å²) in [7, 11) is 0. The second-order valence-electron chi connectivity index (χ2n) is 4.34. The molecule has 0 saturated carbocycles. The van der Waals surface area contributed by atoms with E-state index in [0.717, 1.165) is 5.52 Å². The number of benzene rings is 1. The van der Waals surface area contributed by atoms with Crippen LogP contribution in [0.15, 0.2) is 29.1 Å². The summed E-state index contributed by atoms with van der Waals surface area (Å²) in [5.41, 5.74) is 0.595. The Morgan fingerprint density at radius 1 is 1.40 bits per heavy atom. The molecule has 0 saturated heterocycles. The van der Waals surface area contributed by atoms with E-state index in [4.69, 9.17) is 17.0 Å². The molecule has 106 valence electrons. The number of ether oxygens (including phenoxy) is 1. The van der Waals surface area contributed by atoms with E-state index in [2.05, 4.69) is 4.98 Å². The van der Waals surface area contributed by atoms with Crippen LogP contribution in [0.2, 0.25) is 0 Å². The fourth-order valence-corrected chi connectivity index (χ4v) is 2.30. The van der Waals surface area contributed by atoms with Gasteiger partial charge in [0, 0.05) is 13.0 Å². The Labute approximate surface area is 121 Å². The molecular formula is C14H16N2O3S. The third-order valence-electron chi connectivity index (χ3n) is 2.96. The fraction of sp³-hybridized carbons (Fsp3) is 0.357. The lowest BCUT2D eigenvalue weighted by Gasteiger charge is -2.07. The molecular weight excluding hydrogens is 276 g/mol. The first-order chi connectivity index (χ1) is 9.63. The van der Waals surface area contributed by atoms with Crippen molar-refractivity contribution in [3.05, 3.63) is 39.4 Å². The monoisotopic (exact) mass is 292 g/mol. The van der Waals surface area contributed by atoms with E-state index in [-0.39, 0.29) is 17.9 Å². The molecule has 6 heteroatoms. The number of rotatable bonds is 5. The minimum absolute atomic E-state index is 0.131. The zero-order chi connectivity index (χ0) is 14.5. The average molecular weight is 292 g/mol. The van der Waals surface area contributed by atoms with Crippen LogP contribution in [-0.4, -0.2) is 22.1 Å². The first-order valence-corrected chi connectivity index (χ1v) is 6.91. The van der Waals surface area contributed by atoms with Crippen molar-refractivity contribution < 1.29 is 9.53 Å². The van der Waals surface area contributed by atoms with Crippen LogP contribution in [0.3, 0.4) is 0 Å². The number of aromatic nitrogens is 2. The van der Waals surface area contributed by atoms with Crippen molar-refractivity contribution in [2.45, 2.75) is 26.3 Å². The standard InChI is InChI=1S/C14H16N2O3S/c1-2-19-12(17)8-5-9-16-13(18)10-6-3-4-7-11(10)15-14(16)20/h3-4,6-7H,2,5,8-9H2,1H3,(H,15,20). The number of nitrogens with zero attached hydrogens (tertiary/aromatic N) is 1. The Morgan fingerprint density at radius 3 is 2.90 bits per heavy atom. The van der Waals surface area contributed by atoms with Gasteiger partial charge in [-0.15, -0.1) is 0 Å². The Morgan fingerprint density at radius 2 is 2.15 bits per heavy atom. The number of para-hydroxylation sites is 1. The van der Waals surface area contributed by atoms with Gasteiger partial charge in [0.1, 0.15) is 0 Å². The zero-order valence-corrected chi connectivity index (χ0v) is 12.0. The average Bonchev–Trinajstić information content (AvgIpc) is 2.43. The smallest absolute Gasteiger partial charge is 0.305 e. The van der Waals surface area contributed by atoms with E-state index in [0.29, 0.717) is 29.7 Å². The minimum Gasteiger partial charge on any atom is -0.466 e. The number of hydrogen-bond donors (Lipinski definition) is 1. The van der Waals surface area contributed by atoms with Crippen molar-refractivity contribution in [2.75, 3.05) is 6.61 Å². The van der Waals surface area contributed by atoms with Crippen molar-refractivity contribution in [3.8, 4) is 0 Å². The van der Waals surface area contributed by atoms with E-state index in [1.165, 1.54) is 4.57 Å². The summed E-state index contributed by atoms with van der Waals surface area (Å²) < 4.78 is 6.71. The van der Waals surface area contributed by atoms with E-state index < -0.39 is 0 Å². The summed E-state index contributed by atoms with van der Waals surface area (Å²) in [5.74, 6) is -0.253. The highest BCUT2D eigenvalue weighted by Gasteiger charge is 2.06. The molecule has 0 atom stereocenters. The van der Waals surface area contributed by atoms with Crippen molar-refractivity contribution >= 4 is 29.1 Å². The highest BCUT2D eigenvalue weighted by atomic mass is 32.1. The summed E-state index contributed by atoms with van der Waals surface area (Å²) in [6, 6.07) is 7.22. The number of esters is 1. The summed E-state index contributed by atoms with van der Waals surface area (Å²) in [6.45, 7) is 2.54. The minimum atomic E-state index is -0.253. The van der Waals surface area contributed by atoms with Gasteiger partial charge < -0.3 is 9.72 Å². The third-order valence-corrected chi connectivity index (χ3v) is 3.28. The number of carbonyl (C=O) groups excluding carboxylic acids is 1. The molecule has 1 aromatic carbocycles. The molecule has 0 aliphatic carbocycles. The van der Waals surface area contributed by atoms with Crippen LogP contribution in [0.25, 0.3) is 10.9 Å². The number of H-pyrrole nitrogens is 1. The molecule has 20 heavy (non-hydrogen) atoms. The van der Waals surface area contributed by atoms with Crippen molar-refractivity contribution in [2.24, 2.45) is 0 Å². The van der Waals surface area contributed by atoms with Crippen LogP contribution in [0.1, 0.15) is 19.8 Å². The van der Waals surface area contributed by atoms with Gasteiger partial charge in [-0.25, -0.2) is 0 Å². The van der Waals surface area contributed by atoms with Gasteiger partial charge in [0.15, 0.2) is 4.77 Å². The highest BCUT2D eigenvalue weighted by Crippen LogP contribution is 2.06. The quantitative estimate of drug-likeness (QED) is 0.679. The molecule has 1 heterocycles. The second-order valence-corrected chi connectivity index (χ2v) is 4.73. The van der Waals surface area contributed by atoms with Crippen LogP contribution < -0.4 is 5.56 Å². The summed E-state index contributed by atoms with van der Waals surface area (Å²) in [5, 5.41) is 0.595. The Hall–Kier alpha value is -1.95. The largest absolute Gasteiger partial charge is 0.466 e. The Kier molecular flexibility index (Phi) is 4.68. The van der Waals surface area contributed by atoms with Gasteiger partial charge >= 0.3 is 5.97 Å². The molecule has 0 radical (unpaired) electrons. The number of carbonyl (C=O) groups is 1. The van der Waals surface area contributed by atoms with Crippen LogP contribution in [0.5, 0.6) is 0 Å². The lowest BCUT2D eigenvalue weighted by atomic mass is 10.2. The third kappa shape index (κ3) is 3.14. The van der Waals surface area contributed by atoms with Gasteiger partial charge in [-0.3, -0.25) is 14.2 Å². The second kappa shape index (κ2) is 6.47. The number of hydrogen-bond acceptors (Lipinski definition) is 4. The lowest BCUT2D eigenvalue weighted by Crippen LogP contribution is -2.22. The van der Waals surface area contributed by atoms with Gasteiger partial charge in [0.2, 0.25) is 0 Å². The molecule has 1 aromatic heterocycles. The molecule has 0 spiro atoms.